The first-order valence-corrected chi connectivity index (χ1v) is 3.88. The predicted molar refractivity (Wildman–Crippen MR) is 36.6 cm³/mol. The van der Waals surface area contributed by atoms with Crippen molar-refractivity contribution in [3.63, 3.8) is 0 Å². The molecular weight excluding hydrogens is 100 g/mol. The van der Waals surface area contributed by atoms with Crippen molar-refractivity contribution in [1.29, 1.82) is 0 Å². The zero-order chi connectivity index (χ0) is 5.11. The smallest absolute Gasteiger partial charge is 0.0163 e. The molecule has 0 amide bonds. The fourth-order valence-electron chi connectivity index (χ4n) is 0.729. The lowest BCUT2D eigenvalue weighted by Crippen LogP contribution is -1.83. The van der Waals surface area contributed by atoms with Crippen molar-refractivity contribution in [3.8, 4) is 0 Å². The van der Waals surface area contributed by atoms with Crippen LogP contribution in [0, 0.1) is 0 Å². The lowest BCUT2D eigenvalue weighted by atomic mass is 10.2. The van der Waals surface area contributed by atoms with Crippen LogP contribution < -0.4 is 0 Å². The van der Waals surface area contributed by atoms with Crippen LogP contribution in [0.4, 0.5) is 0 Å². The van der Waals surface area contributed by atoms with Crippen LogP contribution in [-0.4, -0.2) is 10.2 Å². The highest BCUT2D eigenvalue weighted by molar-refractivity contribution is 6.14. The highest BCUT2D eigenvalue weighted by Gasteiger charge is 1.90. The third-order valence-electron chi connectivity index (χ3n) is 1.15. The van der Waals surface area contributed by atoms with E-state index < -0.39 is 0 Å². The average molecular weight is 110 g/mol. The average Bonchev–Trinajstić information content (AvgIpc) is 1.69. The van der Waals surface area contributed by atoms with Crippen molar-refractivity contribution in [1.82, 2.24) is 0 Å². The van der Waals surface area contributed by atoms with Gasteiger partial charge in [0.2, 0.25) is 0 Å². The van der Waals surface area contributed by atoms with Crippen LogP contribution in [0.1, 0.15) is 6.42 Å². The molecule has 1 aliphatic rings. The second-order valence-electron chi connectivity index (χ2n) is 1.95. The fourth-order valence-corrected chi connectivity index (χ4v) is 1.27. The van der Waals surface area contributed by atoms with Gasteiger partial charge in [0.25, 0.3) is 0 Å². The lowest BCUT2D eigenvalue weighted by Gasteiger charge is -1.99. The zero-order valence-corrected chi connectivity index (χ0v) is 6.59. The Morgan fingerprint density at radius 2 is 1.86 bits per heavy atom. The summed E-state index contributed by atoms with van der Waals surface area (Å²) in [6.45, 7) is 0. The Morgan fingerprint density at radius 3 is 2.14 bits per heavy atom. The van der Waals surface area contributed by atoms with E-state index in [9.17, 15) is 0 Å². The molecular formula is C6H10Si. The fraction of sp³-hybridized carbons (Fsp3) is 0.333. The van der Waals surface area contributed by atoms with Gasteiger partial charge in [0, 0.05) is 10.2 Å². The van der Waals surface area contributed by atoms with Crippen LogP contribution >= 0.6 is 0 Å². The molecule has 0 aliphatic heterocycles. The number of rotatable bonds is 0. The molecule has 1 aliphatic carbocycles. The second-order valence-corrected chi connectivity index (χ2v) is 3.28. The Bertz CT molecular complexity index is 90.7. The Morgan fingerprint density at radius 1 is 1.29 bits per heavy atom. The Labute approximate surface area is 47.3 Å². The van der Waals surface area contributed by atoms with Gasteiger partial charge >= 0.3 is 0 Å². The quantitative estimate of drug-likeness (QED) is 0.317. The van der Waals surface area contributed by atoms with Gasteiger partial charge in [-0.15, -0.1) is 0 Å². The van der Waals surface area contributed by atoms with Gasteiger partial charge in [0.1, 0.15) is 0 Å². The van der Waals surface area contributed by atoms with Gasteiger partial charge in [0.05, 0.1) is 0 Å². The van der Waals surface area contributed by atoms with Gasteiger partial charge in [-0.3, -0.25) is 0 Å². The van der Waals surface area contributed by atoms with E-state index in [4.69, 9.17) is 0 Å². The molecule has 0 aromatic carbocycles. The van der Waals surface area contributed by atoms with E-state index in [2.05, 4.69) is 24.3 Å². The molecule has 1 rings (SSSR count). The van der Waals surface area contributed by atoms with Gasteiger partial charge in [-0.2, -0.15) is 0 Å². The highest BCUT2D eigenvalue weighted by atomic mass is 28.1. The maximum Gasteiger partial charge on any atom is 0.0163 e. The normalized spacial score (nSPS) is 21.1. The summed E-state index contributed by atoms with van der Waals surface area (Å²) in [5.41, 5.74) is 0.814. The van der Waals surface area contributed by atoms with E-state index in [0.29, 0.717) is 0 Å². The Hall–Kier alpha value is -0.303. The van der Waals surface area contributed by atoms with Crippen LogP contribution in [-0.2, 0) is 0 Å². The largest absolute Gasteiger partial charge is 0.0851 e. The van der Waals surface area contributed by atoms with E-state index in [-0.39, 0.29) is 0 Å². The molecule has 0 fully saturated rings. The molecule has 38 valence electrons. The summed E-state index contributed by atoms with van der Waals surface area (Å²) in [7, 11) is 1.28. The molecule has 0 saturated heterocycles. The Balaban J connectivity index is 2.49. The lowest BCUT2D eigenvalue weighted by molar-refractivity contribution is 1.22. The molecule has 7 heavy (non-hydrogen) atoms. The minimum absolute atomic E-state index is 0.814. The molecule has 0 N–H and O–H groups in total. The summed E-state index contributed by atoms with van der Waals surface area (Å²) >= 11 is 0. The van der Waals surface area contributed by atoms with Crippen molar-refractivity contribution in [2.45, 2.75) is 12.0 Å². The van der Waals surface area contributed by atoms with Gasteiger partial charge in [-0.05, 0) is 12.0 Å². The molecule has 0 radical (unpaired) electrons. The van der Waals surface area contributed by atoms with E-state index in [1.54, 1.807) is 0 Å². The molecule has 0 unspecified atom stereocenters. The summed E-state index contributed by atoms with van der Waals surface area (Å²) in [5.74, 6) is 0. The molecule has 0 bridgehead atoms. The maximum atomic E-state index is 2.28. The van der Waals surface area contributed by atoms with Gasteiger partial charge in [-0.25, -0.2) is 0 Å². The molecule has 0 heterocycles. The van der Waals surface area contributed by atoms with Crippen molar-refractivity contribution in [2.75, 3.05) is 0 Å². The van der Waals surface area contributed by atoms with Crippen LogP contribution in [0.25, 0.3) is 0 Å². The minimum Gasteiger partial charge on any atom is -0.0851 e. The first-order valence-electron chi connectivity index (χ1n) is 2.73. The SMILES string of the molecule is [SiH3]C1C=CCC=C1. The molecule has 0 aromatic rings. The van der Waals surface area contributed by atoms with Gasteiger partial charge < -0.3 is 0 Å². The van der Waals surface area contributed by atoms with Crippen LogP contribution in [0.15, 0.2) is 24.3 Å². The first kappa shape index (κ1) is 4.85. The van der Waals surface area contributed by atoms with Crippen molar-refractivity contribution < 1.29 is 0 Å². The van der Waals surface area contributed by atoms with Gasteiger partial charge in [0.15, 0.2) is 0 Å². The maximum absolute atomic E-state index is 2.28. The van der Waals surface area contributed by atoms with Crippen LogP contribution in [0.5, 0.6) is 0 Å². The standard InChI is InChI=1S/C6H10Si/c7-6-4-2-1-3-5-6/h2-6H,1H2,7H3. The zero-order valence-electron chi connectivity index (χ0n) is 4.59. The van der Waals surface area contributed by atoms with Crippen molar-refractivity contribution >= 4 is 10.2 Å². The summed E-state index contributed by atoms with van der Waals surface area (Å²) in [6.07, 6.45) is 10.2. The summed E-state index contributed by atoms with van der Waals surface area (Å²) in [4.78, 5) is 0. The number of hydrogen-bond donors (Lipinski definition) is 0. The topological polar surface area (TPSA) is 0 Å². The van der Waals surface area contributed by atoms with E-state index in [1.165, 1.54) is 10.2 Å². The number of allylic oxidation sites excluding steroid dienone is 4. The summed E-state index contributed by atoms with van der Waals surface area (Å²) in [6, 6.07) is 0. The van der Waals surface area contributed by atoms with Crippen LogP contribution in [0.2, 0.25) is 5.54 Å². The highest BCUT2D eigenvalue weighted by Crippen LogP contribution is 2.09. The third kappa shape index (κ3) is 1.31. The minimum atomic E-state index is 0.814. The van der Waals surface area contributed by atoms with Crippen molar-refractivity contribution in [3.05, 3.63) is 24.3 Å². The molecule has 0 atom stereocenters. The summed E-state index contributed by atoms with van der Waals surface area (Å²) < 4.78 is 0. The molecule has 1 heteroatoms. The monoisotopic (exact) mass is 110 g/mol. The third-order valence-corrected chi connectivity index (χ3v) is 1.92. The van der Waals surface area contributed by atoms with Crippen LogP contribution in [0.3, 0.4) is 0 Å². The second kappa shape index (κ2) is 2.12. The molecule has 0 aromatic heterocycles. The molecule has 0 spiro atoms. The van der Waals surface area contributed by atoms with E-state index >= 15 is 0 Å². The molecule has 0 nitrogen and oxygen atoms in total. The van der Waals surface area contributed by atoms with Gasteiger partial charge in [-0.1, -0.05) is 24.3 Å². The first-order chi connectivity index (χ1) is 3.39. The summed E-state index contributed by atoms with van der Waals surface area (Å²) in [5, 5.41) is 0. The van der Waals surface area contributed by atoms with E-state index in [1.807, 2.05) is 0 Å². The van der Waals surface area contributed by atoms with E-state index in [0.717, 1.165) is 12.0 Å². The predicted octanol–water partition coefficient (Wildman–Crippen LogP) is 0.656. The number of hydrogen-bond acceptors (Lipinski definition) is 0. The molecule has 0 saturated carbocycles. The van der Waals surface area contributed by atoms with Crippen molar-refractivity contribution in [2.24, 2.45) is 0 Å². The Kier molecular flexibility index (Phi) is 1.47.